The Morgan fingerprint density at radius 3 is 2.50 bits per heavy atom. The van der Waals surface area contributed by atoms with Crippen LogP contribution in [0.1, 0.15) is 10.5 Å². The molecule has 1 heterocycles. The molecule has 0 aliphatic carbocycles. The normalized spacial score (nSPS) is 10.4. The molecule has 0 bridgehead atoms. The third-order valence-corrected chi connectivity index (χ3v) is 2.40. The van der Waals surface area contributed by atoms with Gasteiger partial charge in [0.05, 0.1) is 25.2 Å². The number of hydrogen-bond donors (Lipinski definition) is 0. The van der Waals surface area contributed by atoms with E-state index in [0.717, 1.165) is 0 Å². The number of carbonyl (C=O) groups excluding carboxylic acids is 1. The lowest BCUT2D eigenvalue weighted by atomic mass is 10.1. The minimum atomic E-state index is -2.87. The number of hydrogen-bond acceptors (Lipinski definition) is 5. The first-order valence-corrected chi connectivity index (χ1v) is 5.56. The van der Waals surface area contributed by atoms with Crippen LogP contribution in [-0.4, -0.2) is 29.7 Å². The fraction of sp³-hybridized carbons (Fsp3) is 0.154. The van der Waals surface area contributed by atoms with Crippen LogP contribution in [0.3, 0.4) is 0 Å². The summed E-state index contributed by atoms with van der Waals surface area (Å²) in [5.41, 5.74) is 1.11. The van der Waals surface area contributed by atoms with Crippen LogP contribution in [-0.2, 0) is 4.74 Å². The molecule has 0 N–H and O–H groups in total. The van der Waals surface area contributed by atoms with Gasteiger partial charge in [-0.1, -0.05) is 0 Å². The monoisotopic (exact) mass is 280 g/mol. The van der Waals surface area contributed by atoms with Gasteiger partial charge in [-0.05, 0) is 24.3 Å². The summed E-state index contributed by atoms with van der Waals surface area (Å²) in [5.74, 6) is -0.558. The number of aromatic nitrogens is 2. The number of ether oxygens (including phenoxy) is 2. The SMILES string of the molecule is COC(=O)c1cncc(-c2ccc(OC(F)F)cc2)n1. The van der Waals surface area contributed by atoms with Crippen molar-refractivity contribution >= 4 is 5.97 Å². The summed E-state index contributed by atoms with van der Waals surface area (Å²) >= 11 is 0. The Labute approximate surface area is 113 Å². The van der Waals surface area contributed by atoms with E-state index in [2.05, 4.69) is 19.4 Å². The summed E-state index contributed by atoms with van der Waals surface area (Å²) in [6.45, 7) is -2.87. The van der Waals surface area contributed by atoms with Crippen LogP contribution in [0, 0.1) is 0 Å². The van der Waals surface area contributed by atoms with Crippen LogP contribution < -0.4 is 4.74 Å². The maximum atomic E-state index is 12.0. The molecule has 2 aromatic rings. The summed E-state index contributed by atoms with van der Waals surface area (Å²) in [6.07, 6.45) is 2.74. The lowest BCUT2D eigenvalue weighted by Gasteiger charge is -2.06. The molecule has 1 aromatic carbocycles. The van der Waals surface area contributed by atoms with Gasteiger partial charge in [-0.3, -0.25) is 4.98 Å². The van der Waals surface area contributed by atoms with Crippen molar-refractivity contribution < 1.29 is 23.0 Å². The van der Waals surface area contributed by atoms with Crippen molar-refractivity contribution in [3.05, 3.63) is 42.4 Å². The van der Waals surface area contributed by atoms with Gasteiger partial charge in [0, 0.05) is 5.56 Å². The van der Waals surface area contributed by atoms with Crippen molar-refractivity contribution in [3.8, 4) is 17.0 Å². The van der Waals surface area contributed by atoms with Crippen molar-refractivity contribution in [1.29, 1.82) is 0 Å². The lowest BCUT2D eigenvalue weighted by molar-refractivity contribution is -0.0498. The van der Waals surface area contributed by atoms with Crippen LogP contribution in [0.25, 0.3) is 11.3 Å². The van der Waals surface area contributed by atoms with E-state index >= 15 is 0 Å². The number of benzene rings is 1. The summed E-state index contributed by atoms with van der Waals surface area (Å²) in [6, 6.07) is 5.85. The van der Waals surface area contributed by atoms with E-state index in [1.165, 1.54) is 31.6 Å². The van der Waals surface area contributed by atoms with Gasteiger partial charge < -0.3 is 9.47 Å². The highest BCUT2D eigenvalue weighted by molar-refractivity contribution is 5.87. The number of methoxy groups -OCH3 is 1. The average molecular weight is 280 g/mol. The van der Waals surface area contributed by atoms with Crippen LogP contribution in [0.4, 0.5) is 8.78 Å². The Balaban J connectivity index is 2.25. The molecule has 0 aliphatic heterocycles. The maximum absolute atomic E-state index is 12.0. The number of esters is 1. The first kappa shape index (κ1) is 13.9. The van der Waals surface area contributed by atoms with Gasteiger partial charge in [0.2, 0.25) is 0 Å². The van der Waals surface area contributed by atoms with E-state index in [4.69, 9.17) is 0 Å². The molecule has 0 saturated heterocycles. The fourth-order valence-corrected chi connectivity index (χ4v) is 1.52. The largest absolute Gasteiger partial charge is 0.464 e. The van der Waals surface area contributed by atoms with E-state index in [0.29, 0.717) is 11.3 Å². The number of alkyl halides is 2. The highest BCUT2D eigenvalue weighted by atomic mass is 19.3. The zero-order valence-corrected chi connectivity index (χ0v) is 10.4. The molecule has 0 unspecified atom stereocenters. The number of rotatable bonds is 4. The van der Waals surface area contributed by atoms with Crippen LogP contribution in [0.15, 0.2) is 36.7 Å². The second-order valence-electron chi connectivity index (χ2n) is 3.68. The van der Waals surface area contributed by atoms with Crippen molar-refractivity contribution in [2.45, 2.75) is 6.61 Å². The van der Waals surface area contributed by atoms with E-state index in [9.17, 15) is 13.6 Å². The van der Waals surface area contributed by atoms with Gasteiger partial charge in [0.1, 0.15) is 5.75 Å². The van der Waals surface area contributed by atoms with E-state index in [1.807, 2.05) is 0 Å². The predicted molar refractivity (Wildman–Crippen MR) is 65.4 cm³/mol. The first-order chi connectivity index (χ1) is 9.60. The van der Waals surface area contributed by atoms with Crippen molar-refractivity contribution in [3.63, 3.8) is 0 Å². The highest BCUT2D eigenvalue weighted by Crippen LogP contribution is 2.21. The van der Waals surface area contributed by atoms with Gasteiger partial charge >= 0.3 is 12.6 Å². The molecule has 20 heavy (non-hydrogen) atoms. The van der Waals surface area contributed by atoms with Crippen molar-refractivity contribution in [1.82, 2.24) is 9.97 Å². The number of carbonyl (C=O) groups is 1. The lowest BCUT2D eigenvalue weighted by Crippen LogP contribution is -2.05. The molecule has 5 nitrogen and oxygen atoms in total. The second-order valence-corrected chi connectivity index (χ2v) is 3.68. The van der Waals surface area contributed by atoms with Gasteiger partial charge in [-0.25, -0.2) is 9.78 Å². The molecule has 1 aromatic heterocycles. The van der Waals surface area contributed by atoms with Crippen molar-refractivity contribution in [2.75, 3.05) is 7.11 Å². The Bertz CT molecular complexity index is 603. The third-order valence-electron chi connectivity index (χ3n) is 2.40. The van der Waals surface area contributed by atoms with Crippen molar-refractivity contribution in [2.24, 2.45) is 0 Å². The highest BCUT2D eigenvalue weighted by Gasteiger charge is 2.10. The Hall–Kier alpha value is -2.57. The van der Waals surface area contributed by atoms with Gasteiger partial charge in [-0.2, -0.15) is 8.78 Å². The molecule has 104 valence electrons. The molecule has 0 amide bonds. The van der Waals surface area contributed by atoms with E-state index in [-0.39, 0.29) is 11.4 Å². The average Bonchev–Trinajstić information content (AvgIpc) is 2.47. The molecule has 0 atom stereocenters. The molecule has 0 saturated carbocycles. The molecule has 2 rings (SSSR count). The Kier molecular flexibility index (Phi) is 4.19. The van der Waals surface area contributed by atoms with Crippen LogP contribution in [0.5, 0.6) is 5.75 Å². The molecule has 0 aliphatic rings. The van der Waals surface area contributed by atoms with Gasteiger partial charge in [0.25, 0.3) is 0 Å². The Morgan fingerprint density at radius 1 is 1.20 bits per heavy atom. The van der Waals surface area contributed by atoms with E-state index < -0.39 is 12.6 Å². The molecule has 0 spiro atoms. The molecular weight excluding hydrogens is 270 g/mol. The van der Waals surface area contributed by atoms with E-state index in [1.54, 1.807) is 12.1 Å². The summed E-state index contributed by atoms with van der Waals surface area (Å²) in [7, 11) is 1.24. The topological polar surface area (TPSA) is 61.3 Å². The Morgan fingerprint density at radius 2 is 1.90 bits per heavy atom. The summed E-state index contributed by atoms with van der Waals surface area (Å²) in [4.78, 5) is 19.3. The number of halogens is 2. The zero-order valence-electron chi connectivity index (χ0n) is 10.4. The maximum Gasteiger partial charge on any atom is 0.387 e. The predicted octanol–water partition coefficient (Wildman–Crippen LogP) is 2.53. The summed E-state index contributed by atoms with van der Waals surface area (Å²) in [5, 5.41) is 0. The van der Waals surface area contributed by atoms with Gasteiger partial charge in [0.15, 0.2) is 5.69 Å². The van der Waals surface area contributed by atoms with Gasteiger partial charge in [-0.15, -0.1) is 0 Å². The zero-order chi connectivity index (χ0) is 14.5. The van der Waals surface area contributed by atoms with Crippen LogP contribution >= 0.6 is 0 Å². The van der Waals surface area contributed by atoms with Crippen LogP contribution in [0.2, 0.25) is 0 Å². The quantitative estimate of drug-likeness (QED) is 0.805. The second kappa shape index (κ2) is 6.05. The number of nitrogens with zero attached hydrogens (tertiary/aromatic N) is 2. The fourth-order valence-electron chi connectivity index (χ4n) is 1.52. The summed E-state index contributed by atoms with van der Waals surface area (Å²) < 4.78 is 32.8. The smallest absolute Gasteiger partial charge is 0.387 e. The first-order valence-electron chi connectivity index (χ1n) is 5.56. The standard InChI is InChI=1S/C13H10F2N2O3/c1-19-12(18)11-7-16-6-10(17-11)8-2-4-9(5-3-8)20-13(14)15/h2-7,13H,1H3. The molecular formula is C13H10F2N2O3. The third kappa shape index (κ3) is 3.25. The minimum Gasteiger partial charge on any atom is -0.464 e. The minimum absolute atomic E-state index is 0.0424. The molecule has 7 heteroatoms. The molecule has 0 fully saturated rings. The molecule has 0 radical (unpaired) electrons.